The second-order valence-electron chi connectivity index (χ2n) is 6.51. The lowest BCUT2D eigenvalue weighted by Crippen LogP contribution is -2.67. The van der Waals surface area contributed by atoms with E-state index in [1.165, 1.54) is 14.0 Å². The van der Waals surface area contributed by atoms with Gasteiger partial charge in [-0.25, -0.2) is 4.79 Å². The smallest absolute Gasteiger partial charge is 0.335 e. The first-order valence-corrected chi connectivity index (χ1v) is 8.44. The van der Waals surface area contributed by atoms with Gasteiger partial charge in [0.25, 0.3) is 0 Å². The molecule has 2 rings (SSSR count). The zero-order chi connectivity index (χ0) is 21.2. The van der Waals surface area contributed by atoms with Gasteiger partial charge in [-0.05, 0) is 0 Å². The highest BCUT2D eigenvalue weighted by molar-refractivity contribution is 5.73. The molecule has 13 nitrogen and oxygen atoms in total. The minimum atomic E-state index is -1.92. The number of hydrogen-bond donors (Lipinski definition) is 7. The van der Waals surface area contributed by atoms with Gasteiger partial charge in [0.05, 0.1) is 6.61 Å². The fourth-order valence-corrected chi connectivity index (χ4v) is 3.14. The first-order chi connectivity index (χ1) is 13.1. The Morgan fingerprint density at radius 2 is 1.64 bits per heavy atom. The summed E-state index contributed by atoms with van der Waals surface area (Å²) >= 11 is 0. The van der Waals surface area contributed by atoms with Gasteiger partial charge < -0.3 is 54.9 Å². The molecule has 2 heterocycles. The van der Waals surface area contributed by atoms with E-state index in [0.29, 0.717) is 0 Å². The summed E-state index contributed by atoms with van der Waals surface area (Å²) in [6.45, 7) is 0.529. The van der Waals surface area contributed by atoms with E-state index in [0.717, 1.165) is 0 Å². The molecule has 0 aromatic rings. The Morgan fingerprint density at radius 1 is 1.00 bits per heavy atom. The Morgan fingerprint density at radius 3 is 2.14 bits per heavy atom. The van der Waals surface area contributed by atoms with Crippen molar-refractivity contribution < 1.29 is 59.2 Å². The van der Waals surface area contributed by atoms with Crippen molar-refractivity contribution in [3.63, 3.8) is 0 Å². The molecule has 0 aliphatic carbocycles. The molecule has 0 radical (unpaired) electrons. The summed E-state index contributed by atoms with van der Waals surface area (Å²) in [5.74, 6) is -2.13. The van der Waals surface area contributed by atoms with Crippen LogP contribution in [0.2, 0.25) is 0 Å². The van der Waals surface area contributed by atoms with Crippen LogP contribution in [0.15, 0.2) is 0 Å². The van der Waals surface area contributed by atoms with Crippen LogP contribution in [0.1, 0.15) is 6.92 Å². The Kier molecular flexibility index (Phi) is 7.66. The molecule has 0 saturated carbocycles. The maximum Gasteiger partial charge on any atom is 0.335 e. The highest BCUT2D eigenvalue weighted by Gasteiger charge is 2.52. The van der Waals surface area contributed by atoms with Crippen LogP contribution in [0, 0.1) is 0 Å². The van der Waals surface area contributed by atoms with Gasteiger partial charge in [-0.1, -0.05) is 0 Å². The molecule has 0 unspecified atom stereocenters. The number of aliphatic hydroxyl groups excluding tert-OH is 5. The van der Waals surface area contributed by atoms with Gasteiger partial charge in [0.15, 0.2) is 18.7 Å². The molecule has 0 aromatic carbocycles. The molecule has 2 aliphatic rings. The van der Waals surface area contributed by atoms with Gasteiger partial charge in [0.1, 0.15) is 42.7 Å². The quantitative estimate of drug-likeness (QED) is 0.221. The van der Waals surface area contributed by atoms with Crippen LogP contribution < -0.4 is 5.32 Å². The van der Waals surface area contributed by atoms with Gasteiger partial charge in [-0.15, -0.1) is 0 Å². The van der Waals surface area contributed by atoms with Crippen LogP contribution >= 0.6 is 0 Å². The van der Waals surface area contributed by atoms with E-state index in [9.17, 15) is 35.1 Å². The standard InChI is InChI=1S/C15H25NO12/c1-4(18)16-6-7(19)11(5(3-17)26-14(6)25-2)27-15-10(22)8(20)9(21)12(28-15)13(23)24/h5-12,14-15,17,19-22H,3H2,1-2H3,(H,16,18)(H,23,24)/t5-,6-,7-,8+,9+,10-,11-,12+,14-,15-/m1/s1. The van der Waals surface area contributed by atoms with Gasteiger partial charge >= 0.3 is 5.97 Å². The van der Waals surface area contributed by atoms with Gasteiger partial charge in [-0.3, -0.25) is 4.79 Å². The summed E-state index contributed by atoms with van der Waals surface area (Å²) in [5.41, 5.74) is 0. The average Bonchev–Trinajstić information content (AvgIpc) is 2.64. The van der Waals surface area contributed by atoms with E-state index in [4.69, 9.17) is 24.1 Å². The lowest BCUT2D eigenvalue weighted by atomic mass is 9.95. The predicted molar refractivity (Wildman–Crippen MR) is 85.6 cm³/mol. The molecule has 0 spiro atoms. The maximum absolute atomic E-state index is 11.4. The number of carboxylic acid groups (broad SMARTS) is 1. The van der Waals surface area contributed by atoms with Crippen LogP contribution in [0.3, 0.4) is 0 Å². The minimum absolute atomic E-state index is 0.519. The second-order valence-corrected chi connectivity index (χ2v) is 6.51. The van der Waals surface area contributed by atoms with E-state index in [1.807, 2.05) is 0 Å². The summed E-state index contributed by atoms with van der Waals surface area (Å²) in [7, 11) is 1.25. The molecular weight excluding hydrogens is 386 g/mol. The van der Waals surface area contributed by atoms with Crippen molar-refractivity contribution in [2.24, 2.45) is 0 Å². The van der Waals surface area contributed by atoms with E-state index >= 15 is 0 Å². The largest absolute Gasteiger partial charge is 0.479 e. The van der Waals surface area contributed by atoms with Crippen molar-refractivity contribution in [2.45, 2.75) is 68.3 Å². The highest BCUT2D eigenvalue weighted by Crippen LogP contribution is 2.29. The Balaban J connectivity index is 2.23. The van der Waals surface area contributed by atoms with Crippen LogP contribution in [0.25, 0.3) is 0 Å². The van der Waals surface area contributed by atoms with Crippen molar-refractivity contribution in [3.05, 3.63) is 0 Å². The molecule has 0 aromatic heterocycles. The van der Waals surface area contributed by atoms with E-state index in [1.54, 1.807) is 0 Å². The zero-order valence-electron chi connectivity index (χ0n) is 15.1. The zero-order valence-corrected chi connectivity index (χ0v) is 15.1. The minimum Gasteiger partial charge on any atom is -0.479 e. The third kappa shape index (κ3) is 4.59. The molecule has 162 valence electrons. The Bertz CT molecular complexity index is 561. The normalized spacial score (nSPS) is 44.1. The third-order valence-electron chi connectivity index (χ3n) is 4.56. The number of ether oxygens (including phenoxy) is 4. The number of carboxylic acids is 1. The van der Waals surface area contributed by atoms with Gasteiger partial charge in [0, 0.05) is 14.0 Å². The lowest BCUT2D eigenvalue weighted by molar-refractivity contribution is -0.342. The van der Waals surface area contributed by atoms with Crippen molar-refractivity contribution in [2.75, 3.05) is 13.7 Å². The summed E-state index contributed by atoms with van der Waals surface area (Å²) < 4.78 is 20.9. The average molecular weight is 411 g/mol. The van der Waals surface area contributed by atoms with Crippen molar-refractivity contribution in [1.29, 1.82) is 0 Å². The number of carbonyl (C=O) groups excluding carboxylic acids is 1. The van der Waals surface area contributed by atoms with Crippen LogP contribution in [0.4, 0.5) is 0 Å². The molecule has 1 amide bonds. The van der Waals surface area contributed by atoms with Crippen LogP contribution in [0.5, 0.6) is 0 Å². The summed E-state index contributed by atoms with van der Waals surface area (Å²) in [5, 5.41) is 61.3. The summed E-state index contributed by atoms with van der Waals surface area (Å²) in [4.78, 5) is 22.6. The molecule has 28 heavy (non-hydrogen) atoms. The molecule has 0 bridgehead atoms. The number of rotatable bonds is 6. The first kappa shape index (κ1) is 22.9. The molecule has 7 N–H and O–H groups in total. The molecule has 10 atom stereocenters. The van der Waals surface area contributed by atoms with E-state index < -0.39 is 79.8 Å². The lowest BCUT2D eigenvalue weighted by Gasteiger charge is -2.46. The fraction of sp³-hybridized carbons (Fsp3) is 0.867. The van der Waals surface area contributed by atoms with E-state index in [-0.39, 0.29) is 0 Å². The Hall–Kier alpha value is -1.42. The van der Waals surface area contributed by atoms with Gasteiger partial charge in [0.2, 0.25) is 5.91 Å². The monoisotopic (exact) mass is 411 g/mol. The third-order valence-corrected chi connectivity index (χ3v) is 4.56. The number of hydrogen-bond acceptors (Lipinski definition) is 11. The number of amides is 1. The van der Waals surface area contributed by atoms with Crippen molar-refractivity contribution in [3.8, 4) is 0 Å². The van der Waals surface area contributed by atoms with E-state index in [2.05, 4.69) is 5.32 Å². The number of carbonyl (C=O) groups is 2. The number of aliphatic hydroxyl groups is 5. The fourth-order valence-electron chi connectivity index (χ4n) is 3.14. The molecular formula is C15H25NO12. The molecule has 2 saturated heterocycles. The molecule has 13 heteroatoms. The van der Waals surface area contributed by atoms with Crippen LogP contribution in [-0.2, 0) is 28.5 Å². The highest BCUT2D eigenvalue weighted by atomic mass is 16.7. The van der Waals surface area contributed by atoms with Crippen molar-refractivity contribution >= 4 is 11.9 Å². The second kappa shape index (κ2) is 9.39. The van der Waals surface area contributed by atoms with Crippen molar-refractivity contribution in [1.82, 2.24) is 5.32 Å². The Labute approximate surface area is 159 Å². The predicted octanol–water partition coefficient (Wildman–Crippen LogP) is -4.51. The first-order valence-electron chi connectivity index (χ1n) is 8.44. The van der Waals surface area contributed by atoms with Gasteiger partial charge in [-0.2, -0.15) is 0 Å². The number of nitrogens with one attached hydrogen (secondary N) is 1. The summed E-state index contributed by atoms with van der Waals surface area (Å²) in [6.07, 6.45) is -14.7. The molecule has 2 aliphatic heterocycles. The maximum atomic E-state index is 11.4. The summed E-state index contributed by atoms with van der Waals surface area (Å²) in [6, 6.07) is -1.12. The number of methoxy groups -OCH3 is 1. The number of aliphatic carboxylic acids is 1. The SMILES string of the molecule is CO[C@@H]1O[C@H](CO)[C@@H](O[C@@H]2O[C@H](C(=O)O)[C@@H](O)[C@H](O)[C@H]2O)[C@H](O)[C@H]1NC(C)=O. The molecule has 2 fully saturated rings. The van der Waals surface area contributed by atoms with Crippen LogP contribution in [-0.4, -0.2) is 118 Å². The topological polar surface area (TPSA) is 204 Å².